The van der Waals surface area contributed by atoms with E-state index in [1.54, 1.807) is 6.20 Å². The highest BCUT2D eigenvalue weighted by molar-refractivity contribution is 5.92. The smallest absolute Gasteiger partial charge is 0.272 e. The standard InChI is InChI=1S/C15H18N4O2/c1-3-10-19-14(20)8-7-13(18-19)15(21)17-11(2)12-6-4-5-9-16-12/h4-9,11H,3,10H2,1-2H3,(H,17,21)/t11-/m0/s1. The number of nitrogens with one attached hydrogen (secondary N) is 1. The first-order chi connectivity index (χ1) is 10.1. The molecule has 1 N–H and O–H groups in total. The van der Waals surface area contributed by atoms with Crippen molar-refractivity contribution >= 4 is 5.91 Å². The summed E-state index contributed by atoms with van der Waals surface area (Å²) in [5.41, 5.74) is 0.796. The summed E-state index contributed by atoms with van der Waals surface area (Å²) < 4.78 is 1.31. The van der Waals surface area contributed by atoms with Crippen LogP contribution in [0.1, 0.15) is 42.5 Å². The van der Waals surface area contributed by atoms with Crippen LogP contribution < -0.4 is 10.9 Å². The highest BCUT2D eigenvalue weighted by atomic mass is 16.2. The van der Waals surface area contributed by atoms with Gasteiger partial charge in [0, 0.05) is 18.8 Å². The highest BCUT2D eigenvalue weighted by Crippen LogP contribution is 2.08. The van der Waals surface area contributed by atoms with Gasteiger partial charge in [0.25, 0.3) is 11.5 Å². The van der Waals surface area contributed by atoms with Gasteiger partial charge >= 0.3 is 0 Å². The van der Waals surface area contributed by atoms with Crippen LogP contribution in [0.25, 0.3) is 0 Å². The van der Waals surface area contributed by atoms with Crippen LogP contribution in [0.5, 0.6) is 0 Å². The van der Waals surface area contributed by atoms with Gasteiger partial charge in [-0.05, 0) is 31.5 Å². The van der Waals surface area contributed by atoms with E-state index in [-0.39, 0.29) is 23.2 Å². The average Bonchev–Trinajstić information content (AvgIpc) is 2.50. The van der Waals surface area contributed by atoms with Crippen molar-refractivity contribution in [2.75, 3.05) is 0 Å². The Bertz CT molecular complexity index is 667. The molecule has 2 aromatic rings. The Labute approximate surface area is 122 Å². The molecule has 0 saturated heterocycles. The van der Waals surface area contributed by atoms with E-state index in [2.05, 4.69) is 15.4 Å². The van der Waals surface area contributed by atoms with Gasteiger partial charge < -0.3 is 5.32 Å². The van der Waals surface area contributed by atoms with Gasteiger partial charge in [-0.1, -0.05) is 13.0 Å². The van der Waals surface area contributed by atoms with Crippen molar-refractivity contribution in [2.45, 2.75) is 32.9 Å². The minimum absolute atomic E-state index is 0.203. The summed E-state index contributed by atoms with van der Waals surface area (Å²) in [5.74, 6) is -0.321. The predicted octanol–water partition coefficient (Wildman–Crippen LogP) is 1.54. The summed E-state index contributed by atoms with van der Waals surface area (Å²) in [6, 6.07) is 8.10. The SMILES string of the molecule is CCCn1nc(C(=O)N[C@@H](C)c2ccccn2)ccc1=O. The molecular weight excluding hydrogens is 268 g/mol. The Morgan fingerprint density at radius 3 is 2.81 bits per heavy atom. The van der Waals surface area contributed by atoms with Gasteiger partial charge in [-0.2, -0.15) is 5.10 Å². The van der Waals surface area contributed by atoms with Crippen molar-refractivity contribution in [3.05, 3.63) is 58.3 Å². The molecule has 2 rings (SSSR count). The lowest BCUT2D eigenvalue weighted by molar-refractivity contribution is 0.0931. The topological polar surface area (TPSA) is 76.9 Å². The zero-order valence-electron chi connectivity index (χ0n) is 12.1. The summed E-state index contributed by atoms with van der Waals surface area (Å²) in [7, 11) is 0. The number of hydrogen-bond acceptors (Lipinski definition) is 4. The molecule has 0 aliphatic carbocycles. The number of hydrogen-bond donors (Lipinski definition) is 1. The van der Waals surface area contributed by atoms with Crippen LogP contribution in [0.4, 0.5) is 0 Å². The lowest BCUT2D eigenvalue weighted by Crippen LogP contribution is -2.31. The molecule has 110 valence electrons. The second-order valence-corrected chi connectivity index (χ2v) is 4.73. The molecule has 0 fully saturated rings. The molecule has 0 aliphatic rings. The fourth-order valence-electron chi connectivity index (χ4n) is 1.92. The summed E-state index contributed by atoms with van der Waals surface area (Å²) in [5, 5.41) is 6.90. The quantitative estimate of drug-likeness (QED) is 0.904. The molecule has 0 bridgehead atoms. The number of pyridine rings is 1. The van der Waals surface area contributed by atoms with E-state index in [9.17, 15) is 9.59 Å². The molecule has 2 aromatic heterocycles. The molecule has 6 heteroatoms. The molecule has 0 saturated carbocycles. The fraction of sp³-hybridized carbons (Fsp3) is 0.333. The predicted molar refractivity (Wildman–Crippen MR) is 78.9 cm³/mol. The van der Waals surface area contributed by atoms with Crippen LogP contribution in [0.15, 0.2) is 41.3 Å². The van der Waals surface area contributed by atoms with Crippen LogP contribution in [-0.2, 0) is 6.54 Å². The number of aromatic nitrogens is 3. The van der Waals surface area contributed by atoms with Gasteiger partial charge in [0.15, 0.2) is 0 Å². The Balaban J connectivity index is 2.13. The third kappa shape index (κ3) is 3.75. The van der Waals surface area contributed by atoms with E-state index in [4.69, 9.17) is 0 Å². The maximum absolute atomic E-state index is 12.2. The average molecular weight is 286 g/mol. The van der Waals surface area contributed by atoms with Crippen LogP contribution in [0.3, 0.4) is 0 Å². The minimum atomic E-state index is -0.321. The van der Waals surface area contributed by atoms with Crippen LogP contribution in [0.2, 0.25) is 0 Å². The van der Waals surface area contributed by atoms with E-state index >= 15 is 0 Å². The van der Waals surface area contributed by atoms with Gasteiger partial charge in [-0.3, -0.25) is 14.6 Å². The van der Waals surface area contributed by atoms with E-state index in [1.165, 1.54) is 16.8 Å². The maximum Gasteiger partial charge on any atom is 0.272 e. The van der Waals surface area contributed by atoms with E-state index < -0.39 is 0 Å². The molecule has 0 radical (unpaired) electrons. The van der Waals surface area contributed by atoms with Crippen molar-refractivity contribution in [3.8, 4) is 0 Å². The molecule has 0 unspecified atom stereocenters. The summed E-state index contributed by atoms with van der Waals surface area (Å²) in [4.78, 5) is 28.0. The number of aryl methyl sites for hydroxylation is 1. The molecule has 21 heavy (non-hydrogen) atoms. The zero-order chi connectivity index (χ0) is 15.2. The molecule has 0 aliphatic heterocycles. The second-order valence-electron chi connectivity index (χ2n) is 4.73. The van der Waals surface area contributed by atoms with E-state index in [0.29, 0.717) is 6.54 Å². The molecular formula is C15H18N4O2. The largest absolute Gasteiger partial charge is 0.343 e. The van der Waals surface area contributed by atoms with Crippen molar-refractivity contribution < 1.29 is 4.79 Å². The lowest BCUT2D eigenvalue weighted by atomic mass is 10.2. The van der Waals surface area contributed by atoms with Crippen LogP contribution in [-0.4, -0.2) is 20.7 Å². The van der Waals surface area contributed by atoms with Crippen LogP contribution >= 0.6 is 0 Å². The Morgan fingerprint density at radius 1 is 1.33 bits per heavy atom. The summed E-state index contributed by atoms with van der Waals surface area (Å²) >= 11 is 0. The summed E-state index contributed by atoms with van der Waals surface area (Å²) in [6.45, 7) is 4.29. The Kier molecular flexibility index (Phi) is 4.81. The van der Waals surface area contributed by atoms with Gasteiger partial charge in [0.05, 0.1) is 11.7 Å². The monoisotopic (exact) mass is 286 g/mol. The first-order valence-corrected chi connectivity index (χ1v) is 6.91. The lowest BCUT2D eigenvalue weighted by Gasteiger charge is -2.13. The Morgan fingerprint density at radius 2 is 2.14 bits per heavy atom. The van der Waals surface area contributed by atoms with Gasteiger partial charge in [-0.15, -0.1) is 0 Å². The molecule has 0 aromatic carbocycles. The fourth-order valence-corrected chi connectivity index (χ4v) is 1.92. The first kappa shape index (κ1) is 14.9. The number of amides is 1. The molecule has 0 spiro atoms. The van der Waals surface area contributed by atoms with Gasteiger partial charge in [0.2, 0.25) is 0 Å². The van der Waals surface area contributed by atoms with Crippen molar-refractivity contribution in [1.82, 2.24) is 20.1 Å². The number of rotatable bonds is 5. The van der Waals surface area contributed by atoms with Crippen molar-refractivity contribution in [1.29, 1.82) is 0 Å². The Hall–Kier alpha value is -2.50. The highest BCUT2D eigenvalue weighted by Gasteiger charge is 2.14. The van der Waals surface area contributed by atoms with E-state index in [1.807, 2.05) is 32.0 Å². The van der Waals surface area contributed by atoms with Crippen molar-refractivity contribution in [3.63, 3.8) is 0 Å². The molecule has 6 nitrogen and oxygen atoms in total. The zero-order valence-corrected chi connectivity index (χ0v) is 12.1. The third-order valence-corrected chi connectivity index (χ3v) is 3.01. The maximum atomic E-state index is 12.2. The number of carbonyl (C=O) groups excluding carboxylic acids is 1. The summed E-state index contributed by atoms with van der Waals surface area (Å²) in [6.07, 6.45) is 2.46. The first-order valence-electron chi connectivity index (χ1n) is 6.91. The van der Waals surface area contributed by atoms with Crippen LogP contribution in [0, 0.1) is 0 Å². The molecule has 1 atom stereocenters. The number of carbonyl (C=O) groups is 1. The van der Waals surface area contributed by atoms with Gasteiger partial charge in [0.1, 0.15) is 5.69 Å². The normalized spacial score (nSPS) is 11.9. The minimum Gasteiger partial charge on any atom is -0.343 e. The third-order valence-electron chi connectivity index (χ3n) is 3.01. The van der Waals surface area contributed by atoms with E-state index in [0.717, 1.165) is 12.1 Å². The number of nitrogens with zero attached hydrogens (tertiary/aromatic N) is 3. The molecule has 1 amide bonds. The molecule has 2 heterocycles. The second kappa shape index (κ2) is 6.78. The van der Waals surface area contributed by atoms with Gasteiger partial charge in [-0.25, -0.2) is 4.68 Å². The van der Waals surface area contributed by atoms with Crippen molar-refractivity contribution in [2.24, 2.45) is 0 Å².